The molecule has 2 heterocycles. The van der Waals surface area contributed by atoms with Crippen molar-refractivity contribution in [2.45, 2.75) is 25.6 Å². The molecule has 0 aliphatic rings. The van der Waals surface area contributed by atoms with Gasteiger partial charge in [-0.05, 0) is 30.7 Å². The largest absolute Gasteiger partial charge is 0.426 e. The number of carbonyl (C=O) groups excluding carboxylic acids is 2. The number of hydrogen-bond acceptors (Lipinski definition) is 6. The van der Waals surface area contributed by atoms with Crippen LogP contribution in [0.25, 0.3) is 0 Å². The number of nitrogens with zero attached hydrogens (tertiary/aromatic N) is 1. The van der Waals surface area contributed by atoms with E-state index in [4.69, 9.17) is 11.6 Å². The van der Waals surface area contributed by atoms with Gasteiger partial charge in [0.15, 0.2) is 10.3 Å². The van der Waals surface area contributed by atoms with Gasteiger partial charge in [-0.3, -0.25) is 15.0 Å². The number of carbonyl (C=O) groups is 2. The molecule has 0 aliphatic carbocycles. The van der Waals surface area contributed by atoms with E-state index in [1.54, 1.807) is 0 Å². The highest BCUT2D eigenvalue weighted by atomic mass is 35.5. The fraction of sp³-hybridized carbons (Fsp3) is 0.227. The fourth-order valence-corrected chi connectivity index (χ4v) is 7.12. The van der Waals surface area contributed by atoms with Gasteiger partial charge >= 0.3 is 15.2 Å². The van der Waals surface area contributed by atoms with E-state index in [9.17, 15) is 40.0 Å². The maximum Gasteiger partial charge on any atom is 0.426 e. The minimum absolute atomic E-state index is 0.0100. The van der Waals surface area contributed by atoms with Crippen LogP contribution in [0.5, 0.6) is 0 Å². The highest BCUT2D eigenvalue weighted by molar-refractivity contribution is 8.38. The summed E-state index contributed by atoms with van der Waals surface area (Å²) < 4.78 is 90.9. The average Bonchev–Trinajstić information content (AvgIpc) is 3.34. The molecule has 0 fully saturated rings. The van der Waals surface area contributed by atoms with Gasteiger partial charge in [0.05, 0.1) is 17.1 Å². The van der Waals surface area contributed by atoms with E-state index in [-0.39, 0.29) is 41.6 Å². The summed E-state index contributed by atoms with van der Waals surface area (Å²) in [5.74, 6) is -3.93. The maximum atomic E-state index is 13.8. The average molecular weight is 613 g/mol. The van der Waals surface area contributed by atoms with Gasteiger partial charge in [0.25, 0.3) is 5.91 Å². The zero-order chi connectivity index (χ0) is 28.8. The second-order valence-electron chi connectivity index (χ2n) is 7.73. The van der Waals surface area contributed by atoms with Crippen LogP contribution < -0.4 is 20.9 Å². The van der Waals surface area contributed by atoms with Crippen LogP contribution >= 0.6 is 21.1 Å². The minimum Gasteiger partial charge on any atom is -0.369 e. The number of nitrogens with one attached hydrogen (secondary N) is 4. The van der Waals surface area contributed by atoms with Crippen molar-refractivity contribution in [3.8, 4) is 0 Å². The summed E-state index contributed by atoms with van der Waals surface area (Å²) in [6, 6.07) is 6.45. The van der Waals surface area contributed by atoms with E-state index < -0.39 is 59.3 Å². The third-order valence-electron chi connectivity index (χ3n) is 4.95. The van der Waals surface area contributed by atoms with Gasteiger partial charge in [0.2, 0.25) is 5.91 Å². The summed E-state index contributed by atoms with van der Waals surface area (Å²) in [6.45, 7) is -0.232. The molecule has 17 heteroatoms. The number of amides is 2. The highest BCUT2D eigenvalue weighted by Crippen LogP contribution is 2.32. The quantitative estimate of drug-likeness (QED) is 0.0840. The first-order chi connectivity index (χ1) is 18.3. The molecule has 210 valence electrons. The molecule has 4 N–H and O–H groups in total. The molecule has 0 saturated carbocycles. The lowest BCUT2D eigenvalue weighted by atomic mass is 10.2. The van der Waals surface area contributed by atoms with Gasteiger partial charge in [0, 0.05) is 25.2 Å². The van der Waals surface area contributed by atoms with Crippen molar-refractivity contribution in [3.05, 3.63) is 80.6 Å². The van der Waals surface area contributed by atoms with Crippen molar-refractivity contribution < 1.29 is 40.0 Å². The fourth-order valence-electron chi connectivity index (χ4n) is 3.09. The van der Waals surface area contributed by atoms with E-state index >= 15 is 0 Å². The zero-order valence-electron chi connectivity index (χ0n) is 19.6. The molecule has 3 aromatic rings. The smallest absolute Gasteiger partial charge is 0.369 e. The normalized spacial score (nSPS) is 12.2. The van der Waals surface area contributed by atoms with Crippen LogP contribution in [0.15, 0.2) is 48.0 Å². The number of hydrogen-bond donors (Lipinski definition) is 4. The number of aromatic nitrogens is 1. The molecule has 3 rings (SSSR count). The van der Waals surface area contributed by atoms with Gasteiger partial charge in [0.1, 0.15) is 32.5 Å². The lowest BCUT2D eigenvalue weighted by Gasteiger charge is -2.10. The molecule has 0 bridgehead atoms. The van der Waals surface area contributed by atoms with Crippen molar-refractivity contribution in [3.63, 3.8) is 0 Å². The molecule has 0 saturated heterocycles. The Bertz CT molecular complexity index is 1450. The van der Waals surface area contributed by atoms with Gasteiger partial charge < -0.3 is 10.6 Å². The molecule has 0 radical (unpaired) electrons. The van der Waals surface area contributed by atoms with Crippen LogP contribution in [0.1, 0.15) is 33.6 Å². The van der Waals surface area contributed by atoms with Crippen molar-refractivity contribution in [1.29, 1.82) is 0 Å². The molecule has 2 aromatic heterocycles. The molecule has 1 atom stereocenters. The van der Waals surface area contributed by atoms with Crippen LogP contribution in [-0.2, 0) is 26.6 Å². The molecule has 1 aromatic carbocycles. The summed E-state index contributed by atoms with van der Waals surface area (Å²) in [7, 11) is -5.78. The summed E-state index contributed by atoms with van der Waals surface area (Å²) in [5, 5.41) is 6.01. The Hall–Kier alpha value is -3.34. The number of alkyl halides is 3. The van der Waals surface area contributed by atoms with E-state index in [2.05, 4.69) is 15.6 Å². The number of pyridine rings is 1. The Balaban J connectivity index is 1.48. The van der Waals surface area contributed by atoms with Gasteiger partial charge in [-0.2, -0.15) is 21.6 Å². The molecular weight excluding hydrogens is 593 g/mol. The van der Waals surface area contributed by atoms with Crippen molar-refractivity contribution in [2.75, 3.05) is 11.9 Å². The lowest BCUT2D eigenvalue weighted by molar-refractivity contribution is -0.137. The topological polar surface area (TPSA) is 129 Å². The van der Waals surface area contributed by atoms with Crippen molar-refractivity contribution in [2.24, 2.45) is 0 Å². The second-order valence-corrected chi connectivity index (χ2v) is 13.0. The number of thiophene rings is 1. The Morgan fingerprint density at radius 3 is 2.41 bits per heavy atom. The molecule has 9 nitrogen and oxygen atoms in total. The predicted octanol–water partition coefficient (Wildman–Crippen LogP) is 4.32. The third-order valence-corrected chi connectivity index (χ3v) is 9.91. The minimum atomic E-state index is -4.60. The number of benzene rings is 1. The molecule has 2 amide bonds. The van der Waals surface area contributed by atoms with Crippen LogP contribution in [0.4, 0.5) is 27.8 Å². The number of rotatable bonds is 11. The lowest BCUT2D eigenvalue weighted by Crippen LogP contribution is -2.40. The SMILES string of the molecule is O=C(CCCNc1ncc(C(F)(F)F)cc1Cl)NNS(=O)(=O)[s+]1cccc1CNC(=O)c1c(F)cccc1F. The number of anilines is 1. The van der Waals surface area contributed by atoms with E-state index in [0.717, 1.165) is 18.2 Å². The van der Waals surface area contributed by atoms with Crippen LogP contribution in [0.3, 0.4) is 0 Å². The summed E-state index contributed by atoms with van der Waals surface area (Å²) in [4.78, 5) is 30.0. The number of hydrazine groups is 1. The molecular formula is C22H20ClF5N5O4S2+. The summed E-state index contributed by atoms with van der Waals surface area (Å²) in [5.41, 5.74) is 0.233. The molecule has 0 aliphatic heterocycles. The predicted molar refractivity (Wildman–Crippen MR) is 134 cm³/mol. The van der Waals surface area contributed by atoms with Crippen LogP contribution in [-0.4, -0.2) is 31.8 Å². The van der Waals surface area contributed by atoms with Gasteiger partial charge in [-0.15, -0.1) is 0 Å². The van der Waals surface area contributed by atoms with Crippen molar-refractivity contribution >= 4 is 47.8 Å². The van der Waals surface area contributed by atoms with Gasteiger partial charge in [-0.25, -0.2) is 13.8 Å². The van der Waals surface area contributed by atoms with E-state index in [1.165, 1.54) is 17.5 Å². The first-order valence-electron chi connectivity index (χ1n) is 10.9. The second kappa shape index (κ2) is 12.7. The molecule has 39 heavy (non-hydrogen) atoms. The standard InChI is InChI=1S/C22H19ClF5N5O4S2/c23-15-10-13(22(26,27)28)11-30-20(15)29-8-2-7-18(34)32-33-39(36,37)38-9-3-4-14(38)12-31-21(35)19-16(24)5-1-6-17(19)25/h1,3-6,9-11,33H,2,7-8,12H2,(H2-,29,30,31,32,34,35)/p+1. The third kappa shape index (κ3) is 8.08. The van der Waals surface area contributed by atoms with E-state index in [0.29, 0.717) is 12.3 Å². The summed E-state index contributed by atoms with van der Waals surface area (Å²) in [6.07, 6.45) is -3.99. The van der Waals surface area contributed by atoms with Crippen molar-refractivity contribution in [1.82, 2.24) is 20.6 Å². The van der Waals surface area contributed by atoms with E-state index in [1.807, 2.05) is 10.3 Å². The molecule has 1 unspecified atom stereocenters. The Labute approximate surface area is 226 Å². The Kier molecular flexibility index (Phi) is 9.82. The monoisotopic (exact) mass is 612 g/mol. The highest BCUT2D eigenvalue weighted by Gasteiger charge is 2.32. The maximum absolute atomic E-state index is 13.8. The Morgan fingerprint density at radius 2 is 1.77 bits per heavy atom. The first kappa shape index (κ1) is 30.2. The van der Waals surface area contributed by atoms with Gasteiger partial charge in [-0.1, -0.05) is 22.5 Å². The zero-order valence-corrected chi connectivity index (χ0v) is 22.0. The van der Waals surface area contributed by atoms with Crippen LogP contribution in [0, 0.1) is 11.6 Å². The number of halogens is 6. The summed E-state index contributed by atoms with van der Waals surface area (Å²) >= 11 is 5.79. The molecule has 0 spiro atoms. The Morgan fingerprint density at radius 1 is 1.08 bits per heavy atom. The van der Waals surface area contributed by atoms with Crippen LogP contribution in [0.2, 0.25) is 5.02 Å². The first-order valence-corrected chi connectivity index (χ1v) is 14.6.